The van der Waals surface area contributed by atoms with Crippen LogP contribution in [0.3, 0.4) is 0 Å². The van der Waals surface area contributed by atoms with Gasteiger partial charge in [0.15, 0.2) is 56.9 Å². The minimum Gasteiger partial charge on any atom is -0.378 e. The SMILES string of the molecule is O=C(C[C@@]1(O)C(=O)Nc2c(Cl)ccc(Cl)c21)c1ccc(N2CCOCC2)cc1.O=C(C[C@]1(O)C(=O)Nc2c(Cl)ccc(Cl)c21)c1ccc(N2CCOCC2)cc1.O=C(C[C@]1(O)C(=O)Nc2c(Cl)ccc(Cl)c21)c1ccccn1.O=C(C[C@]1(O)C(=O)Nc2c(Cl)ccc(Cl)c21)c1cccnc1.O=C(C[C@]1(O)C(=O)Nc2c(Cl)ccc(Cl)c21)c1ccncc1. The van der Waals surface area contributed by atoms with Gasteiger partial charge in [0.05, 0.1) is 112 Å². The van der Waals surface area contributed by atoms with Gasteiger partial charge in [0.25, 0.3) is 29.5 Å². The highest BCUT2D eigenvalue weighted by atomic mass is 35.5. The molecular weight excluding hydrogens is 1790 g/mol. The van der Waals surface area contributed by atoms with Gasteiger partial charge in [0.1, 0.15) is 5.69 Å². The first-order valence-corrected chi connectivity index (χ1v) is 40.7. The normalized spacial score (nSPS) is 20.5. The van der Waals surface area contributed by atoms with Crippen LogP contribution in [0.5, 0.6) is 0 Å². The number of nitrogens with one attached hydrogen (secondary N) is 5. The van der Waals surface area contributed by atoms with Crippen molar-refractivity contribution in [1.82, 2.24) is 15.0 Å². The first-order chi connectivity index (χ1) is 58.1. The Bertz CT molecular complexity index is 5400. The predicted molar refractivity (Wildman–Crippen MR) is 461 cm³/mol. The predicted octanol–water partition coefficient (Wildman–Crippen LogP) is 14.9. The van der Waals surface area contributed by atoms with Crippen LogP contribution in [0.1, 0.15) is 112 Å². The Kier molecular flexibility index (Phi) is 27.3. The molecule has 2 saturated heterocycles. The average molecular weight is 1850 g/mol. The van der Waals surface area contributed by atoms with E-state index in [9.17, 15) is 73.5 Å². The van der Waals surface area contributed by atoms with E-state index < -0.39 is 107 Å². The maximum absolute atomic E-state index is 12.8. The average Bonchev–Trinajstić information content (AvgIpc) is 1.61. The smallest absolute Gasteiger partial charge is 0.261 e. The Labute approximate surface area is 744 Å². The molecule has 7 aliphatic heterocycles. The lowest BCUT2D eigenvalue weighted by molar-refractivity contribution is -0.133. The van der Waals surface area contributed by atoms with Crippen molar-refractivity contribution in [3.63, 3.8) is 0 Å². The molecule has 0 bridgehead atoms. The summed E-state index contributed by atoms with van der Waals surface area (Å²) >= 11 is 60.9. The van der Waals surface area contributed by atoms with Gasteiger partial charge in [-0.2, -0.15) is 0 Å². The Balaban J connectivity index is 0.000000132. The summed E-state index contributed by atoms with van der Waals surface area (Å²) < 4.78 is 10.7. The molecule has 10 aromatic rings. The van der Waals surface area contributed by atoms with E-state index in [1.807, 2.05) is 24.3 Å². The highest BCUT2D eigenvalue weighted by molar-refractivity contribution is 6.42. The third-order valence-corrected chi connectivity index (χ3v) is 24.0. The highest BCUT2D eigenvalue weighted by Gasteiger charge is 2.54. The van der Waals surface area contributed by atoms with Gasteiger partial charge >= 0.3 is 0 Å². The van der Waals surface area contributed by atoms with Gasteiger partial charge in [-0.1, -0.05) is 122 Å². The van der Waals surface area contributed by atoms with Crippen LogP contribution in [0.25, 0.3) is 0 Å². The third-order valence-electron chi connectivity index (χ3n) is 20.8. The Morgan fingerprint density at radius 3 is 0.869 bits per heavy atom. The second kappa shape index (κ2) is 37.1. The molecule has 5 atom stereocenters. The summed E-state index contributed by atoms with van der Waals surface area (Å²) in [7, 11) is 0. The summed E-state index contributed by atoms with van der Waals surface area (Å²) in [6.45, 7) is 5.87. The maximum Gasteiger partial charge on any atom is 0.261 e. The molecule has 0 radical (unpaired) electrons. The lowest BCUT2D eigenvalue weighted by Crippen LogP contribution is -2.37. The molecule has 17 rings (SSSR count). The number of anilines is 7. The first-order valence-electron chi connectivity index (χ1n) is 36.9. The minimum absolute atomic E-state index is 0.121. The number of ketones is 5. The number of ether oxygens (including phenoxy) is 2. The number of Topliss-reactive ketones (excluding diaryl/α,β-unsaturated/α-hetero) is 5. The van der Waals surface area contributed by atoms with E-state index in [0.717, 1.165) is 37.6 Å². The molecule has 5 amide bonds. The van der Waals surface area contributed by atoms with E-state index in [0.29, 0.717) is 48.7 Å². The van der Waals surface area contributed by atoms with E-state index in [1.54, 1.807) is 48.5 Å². The fourth-order valence-corrected chi connectivity index (χ4v) is 17.1. The molecular formula is C85H66Cl10N10O17. The summed E-state index contributed by atoms with van der Waals surface area (Å²) in [4.78, 5) is 140. The number of hydrogen-bond acceptors (Lipinski definition) is 22. The van der Waals surface area contributed by atoms with Gasteiger partial charge in [-0.25, -0.2) is 0 Å². The number of nitrogens with zero attached hydrogens (tertiary/aromatic N) is 5. The maximum atomic E-state index is 12.8. The van der Waals surface area contributed by atoms with Crippen molar-refractivity contribution < 1.29 is 83.0 Å². The highest BCUT2D eigenvalue weighted by Crippen LogP contribution is 2.52. The number of pyridine rings is 3. The van der Waals surface area contributed by atoms with Gasteiger partial charge in [-0.15, -0.1) is 0 Å². The number of rotatable bonds is 17. The van der Waals surface area contributed by atoms with Gasteiger partial charge < -0.3 is 71.4 Å². The number of aliphatic hydroxyl groups is 5. The van der Waals surface area contributed by atoms with Crippen molar-refractivity contribution >= 4 is 214 Å². The van der Waals surface area contributed by atoms with Gasteiger partial charge in [-0.3, -0.25) is 62.9 Å². The van der Waals surface area contributed by atoms with Crippen LogP contribution in [0.2, 0.25) is 50.2 Å². The Hall–Kier alpha value is -10.1. The molecule has 628 valence electrons. The van der Waals surface area contributed by atoms with E-state index in [-0.39, 0.29) is 124 Å². The van der Waals surface area contributed by atoms with Crippen molar-refractivity contribution in [1.29, 1.82) is 0 Å². The van der Waals surface area contributed by atoms with Crippen LogP contribution in [-0.4, -0.2) is 152 Å². The molecule has 7 aromatic carbocycles. The van der Waals surface area contributed by atoms with Crippen molar-refractivity contribution in [2.24, 2.45) is 0 Å². The molecule has 37 heteroatoms. The number of morpholine rings is 2. The Morgan fingerprint density at radius 2 is 0.590 bits per heavy atom. The fourth-order valence-electron chi connectivity index (χ4n) is 14.5. The van der Waals surface area contributed by atoms with Gasteiger partial charge in [-0.05, 0) is 146 Å². The molecule has 122 heavy (non-hydrogen) atoms. The van der Waals surface area contributed by atoms with Gasteiger partial charge in [0, 0.05) is 144 Å². The second-order valence-corrected chi connectivity index (χ2v) is 32.5. The lowest BCUT2D eigenvalue weighted by atomic mass is 9.88. The van der Waals surface area contributed by atoms with Crippen LogP contribution < -0.4 is 36.4 Å². The van der Waals surface area contributed by atoms with Gasteiger partial charge in [0.2, 0.25) is 0 Å². The number of fused-ring (bicyclic) bond motifs is 5. The number of amides is 5. The molecule has 2 fully saturated rings. The zero-order valence-corrected chi connectivity index (χ0v) is 70.7. The van der Waals surface area contributed by atoms with Crippen LogP contribution in [-0.2, 0) is 61.5 Å². The third kappa shape index (κ3) is 18.2. The minimum atomic E-state index is -2.06. The molecule has 0 saturated carbocycles. The van der Waals surface area contributed by atoms with Crippen LogP contribution in [0.15, 0.2) is 183 Å². The summed E-state index contributed by atoms with van der Waals surface area (Å²) in [6, 6.07) is 40.2. The summed E-state index contributed by atoms with van der Waals surface area (Å²) in [5.41, 5.74) is -4.78. The largest absolute Gasteiger partial charge is 0.378 e. The molecule has 7 aliphatic rings. The van der Waals surface area contributed by atoms with E-state index >= 15 is 0 Å². The molecule has 0 aliphatic carbocycles. The molecule has 0 unspecified atom stereocenters. The van der Waals surface area contributed by atoms with E-state index in [4.69, 9.17) is 125 Å². The van der Waals surface area contributed by atoms with Crippen LogP contribution in [0, 0.1) is 0 Å². The monoisotopic (exact) mass is 1850 g/mol. The van der Waals surface area contributed by atoms with E-state index in [2.05, 4.69) is 51.3 Å². The van der Waals surface area contributed by atoms with E-state index in [1.165, 1.54) is 110 Å². The Morgan fingerprint density at radius 1 is 0.311 bits per heavy atom. The van der Waals surface area contributed by atoms with Crippen LogP contribution >= 0.6 is 116 Å². The summed E-state index contributed by atoms with van der Waals surface area (Å²) in [5.74, 6) is -5.63. The lowest BCUT2D eigenvalue weighted by Gasteiger charge is -2.29. The number of carbonyl (C=O) groups is 10. The number of benzene rings is 7. The number of hydrogen-bond donors (Lipinski definition) is 10. The zero-order valence-electron chi connectivity index (χ0n) is 63.2. The molecule has 27 nitrogen and oxygen atoms in total. The zero-order chi connectivity index (χ0) is 87.5. The van der Waals surface area contributed by atoms with Crippen LogP contribution in [0.4, 0.5) is 39.8 Å². The number of carbonyl (C=O) groups excluding carboxylic acids is 10. The quantitative estimate of drug-likeness (QED) is 0.0379. The standard InChI is InChI=1S/2C20H18Cl2N2O4.3C15H10Cl2N2O3/c2*21-14-5-6-15(22)18-17(14)20(27,19(26)23-18)11-16(25)12-1-3-13(4-2-12)24-7-9-28-10-8-24;16-9-1-2-10(17)13-12(9)15(22,14(21)19-13)7-11(20)8-3-5-18-6-4-8;16-9-3-4-10(17)13-12(9)15(22,14(21)19-13)6-11(20)8-2-1-5-18-7-8;16-8-4-5-9(17)13-12(8)15(22,14(21)19-13)7-11(20)10-3-1-2-6-18-10/h2*1-6,27H,7-11H2,(H,23,26);1-6,22H,7H2,(H,19,21);1-5,7,22H,6H2,(H,19,21);1-6,22H,7H2,(H,19,21)/t2*20-;3*15-/m10111/s1. The topological polar surface area (TPSA) is 396 Å². The summed E-state index contributed by atoms with van der Waals surface area (Å²) in [6.07, 6.45) is 5.08. The molecule has 3 aromatic heterocycles. The number of aromatic nitrogens is 3. The molecule has 0 spiro atoms. The van der Waals surface area contributed by atoms with Crippen molar-refractivity contribution in [2.45, 2.75) is 60.1 Å². The van der Waals surface area contributed by atoms with Crippen molar-refractivity contribution in [3.05, 3.63) is 289 Å². The number of halogens is 10. The van der Waals surface area contributed by atoms with Crippen molar-refractivity contribution in [2.75, 3.05) is 89.0 Å². The fraction of sp³-hybridized carbons (Fsp3) is 0.212. The first kappa shape index (κ1) is 89.7. The second-order valence-electron chi connectivity index (χ2n) is 28.5. The summed E-state index contributed by atoms with van der Waals surface area (Å²) in [5, 5.41) is 68.9. The molecule has 10 heterocycles. The molecule has 10 N–H and O–H groups in total. The van der Waals surface area contributed by atoms with Crippen molar-refractivity contribution in [3.8, 4) is 0 Å².